The second kappa shape index (κ2) is 6.31. The van der Waals surface area contributed by atoms with Crippen LogP contribution in [0.4, 0.5) is 5.69 Å². The van der Waals surface area contributed by atoms with Gasteiger partial charge in [-0.3, -0.25) is 9.48 Å². The number of aryl methyl sites for hydroxylation is 3. The second-order valence-corrected chi connectivity index (χ2v) is 5.86. The molecule has 0 aliphatic carbocycles. The van der Waals surface area contributed by atoms with E-state index in [1.165, 1.54) is 0 Å². The zero-order valence-electron chi connectivity index (χ0n) is 12.8. The topological polar surface area (TPSA) is 46.9 Å². The number of carbonyl (C=O) groups excluding carboxylic acids is 1. The molecule has 0 aliphatic heterocycles. The van der Waals surface area contributed by atoms with Crippen molar-refractivity contribution in [3.63, 3.8) is 0 Å². The molecular weight excluding hydrogens is 286 g/mol. The monoisotopic (exact) mass is 305 g/mol. The number of carbonyl (C=O) groups is 1. The van der Waals surface area contributed by atoms with Crippen LogP contribution >= 0.6 is 11.6 Å². The van der Waals surface area contributed by atoms with Gasteiger partial charge in [0.1, 0.15) is 0 Å². The lowest BCUT2D eigenvalue weighted by Gasteiger charge is -2.15. The van der Waals surface area contributed by atoms with Crippen LogP contribution in [0.15, 0.2) is 24.3 Å². The second-order valence-electron chi connectivity index (χ2n) is 5.46. The highest BCUT2D eigenvalue weighted by Crippen LogP contribution is 2.23. The Labute approximate surface area is 130 Å². The summed E-state index contributed by atoms with van der Waals surface area (Å²) in [5, 5.41) is 7.82. The summed E-state index contributed by atoms with van der Waals surface area (Å²) in [6, 6.07) is 7.59. The number of rotatable bonds is 4. The molecule has 0 spiro atoms. The minimum Gasteiger partial charge on any atom is -0.325 e. The molecule has 0 unspecified atom stereocenters. The molecule has 21 heavy (non-hydrogen) atoms. The van der Waals surface area contributed by atoms with Gasteiger partial charge in [-0.1, -0.05) is 17.7 Å². The molecule has 0 saturated carbocycles. The van der Waals surface area contributed by atoms with Crippen LogP contribution in [0, 0.1) is 20.8 Å². The van der Waals surface area contributed by atoms with Gasteiger partial charge in [0.15, 0.2) is 0 Å². The van der Waals surface area contributed by atoms with E-state index < -0.39 is 0 Å². The molecule has 1 N–H and O–H groups in total. The Morgan fingerprint density at radius 3 is 2.62 bits per heavy atom. The average Bonchev–Trinajstić information content (AvgIpc) is 2.72. The standard InChI is InChI=1S/C16H20ClN3O/c1-10-5-6-15(14(17)7-10)18-16(21)9-13(4)20-12(3)8-11(2)19-20/h5-8,13H,9H2,1-4H3,(H,18,21)/t13-/m1/s1. The van der Waals surface area contributed by atoms with Gasteiger partial charge >= 0.3 is 0 Å². The number of amides is 1. The van der Waals surface area contributed by atoms with Crippen LogP contribution in [0.2, 0.25) is 5.02 Å². The number of anilines is 1. The molecule has 2 rings (SSSR count). The van der Waals surface area contributed by atoms with Crippen molar-refractivity contribution in [2.24, 2.45) is 0 Å². The summed E-state index contributed by atoms with van der Waals surface area (Å²) in [5.74, 6) is -0.0687. The molecule has 0 aliphatic rings. The maximum absolute atomic E-state index is 12.1. The molecule has 0 saturated heterocycles. The van der Waals surface area contributed by atoms with E-state index in [1.54, 1.807) is 0 Å². The third kappa shape index (κ3) is 3.85. The predicted molar refractivity (Wildman–Crippen MR) is 85.8 cm³/mol. The minimum absolute atomic E-state index is 0.00271. The lowest BCUT2D eigenvalue weighted by Crippen LogP contribution is -2.19. The van der Waals surface area contributed by atoms with Crippen molar-refractivity contribution in [2.75, 3.05) is 5.32 Å². The molecule has 5 heteroatoms. The van der Waals surface area contributed by atoms with Gasteiger partial charge in [0.25, 0.3) is 0 Å². The first-order valence-corrected chi connectivity index (χ1v) is 7.33. The van der Waals surface area contributed by atoms with E-state index in [9.17, 15) is 4.79 Å². The van der Waals surface area contributed by atoms with Gasteiger partial charge in [-0.15, -0.1) is 0 Å². The predicted octanol–water partition coefficient (Wildman–Crippen LogP) is 4.05. The number of halogens is 1. The summed E-state index contributed by atoms with van der Waals surface area (Å²) in [6.45, 7) is 7.88. The van der Waals surface area contributed by atoms with Gasteiger partial charge in [0.05, 0.1) is 22.4 Å². The number of hydrogen-bond acceptors (Lipinski definition) is 2. The van der Waals surface area contributed by atoms with Gasteiger partial charge in [0.2, 0.25) is 5.91 Å². The van der Waals surface area contributed by atoms with Crippen molar-refractivity contribution in [2.45, 2.75) is 40.2 Å². The third-order valence-corrected chi connectivity index (χ3v) is 3.65. The number of nitrogens with one attached hydrogen (secondary N) is 1. The highest BCUT2D eigenvalue weighted by molar-refractivity contribution is 6.33. The largest absolute Gasteiger partial charge is 0.325 e. The molecule has 0 radical (unpaired) electrons. The summed E-state index contributed by atoms with van der Waals surface area (Å²) in [5.41, 5.74) is 3.73. The van der Waals surface area contributed by atoms with Crippen LogP contribution in [0.1, 0.15) is 36.3 Å². The van der Waals surface area contributed by atoms with Gasteiger partial charge in [-0.05, 0) is 51.5 Å². The molecule has 4 nitrogen and oxygen atoms in total. The van der Waals surface area contributed by atoms with E-state index in [-0.39, 0.29) is 11.9 Å². The van der Waals surface area contributed by atoms with Crippen molar-refractivity contribution in [3.05, 3.63) is 46.2 Å². The van der Waals surface area contributed by atoms with Gasteiger partial charge < -0.3 is 5.32 Å². The Balaban J connectivity index is 2.03. The summed E-state index contributed by atoms with van der Waals surface area (Å²) in [6.07, 6.45) is 0.353. The smallest absolute Gasteiger partial charge is 0.226 e. The van der Waals surface area contributed by atoms with Gasteiger partial charge in [0, 0.05) is 12.1 Å². The fourth-order valence-corrected chi connectivity index (χ4v) is 2.65. The van der Waals surface area contributed by atoms with Crippen LogP contribution in [0.25, 0.3) is 0 Å². The normalized spacial score (nSPS) is 12.2. The summed E-state index contributed by atoms with van der Waals surface area (Å²) in [4.78, 5) is 12.1. The van der Waals surface area contributed by atoms with Crippen LogP contribution < -0.4 is 5.32 Å². The van der Waals surface area contributed by atoms with Crippen LogP contribution in [-0.2, 0) is 4.79 Å². The first kappa shape index (κ1) is 15.6. The number of hydrogen-bond donors (Lipinski definition) is 1. The van der Waals surface area contributed by atoms with Crippen molar-refractivity contribution >= 4 is 23.2 Å². The van der Waals surface area contributed by atoms with Crippen molar-refractivity contribution in [1.29, 1.82) is 0 Å². The molecule has 1 aromatic heterocycles. The molecule has 1 aromatic carbocycles. The van der Waals surface area contributed by atoms with Gasteiger partial charge in [-0.2, -0.15) is 5.10 Å². The Kier molecular flexibility index (Phi) is 4.68. The molecule has 1 heterocycles. The highest BCUT2D eigenvalue weighted by Gasteiger charge is 2.14. The molecule has 1 atom stereocenters. The fourth-order valence-electron chi connectivity index (χ4n) is 2.37. The molecule has 2 aromatic rings. The van der Waals surface area contributed by atoms with E-state index in [0.717, 1.165) is 17.0 Å². The lowest BCUT2D eigenvalue weighted by molar-refractivity contribution is -0.116. The molecule has 0 fully saturated rings. The van der Waals surface area contributed by atoms with Crippen LogP contribution in [-0.4, -0.2) is 15.7 Å². The average molecular weight is 306 g/mol. The SMILES string of the molecule is Cc1ccc(NC(=O)C[C@@H](C)n2nc(C)cc2C)c(Cl)c1. The van der Waals surface area contributed by atoms with Crippen LogP contribution in [0.3, 0.4) is 0 Å². The zero-order valence-corrected chi connectivity index (χ0v) is 13.5. The van der Waals surface area contributed by atoms with Crippen molar-refractivity contribution in [3.8, 4) is 0 Å². The van der Waals surface area contributed by atoms with E-state index in [0.29, 0.717) is 17.1 Å². The molecule has 1 amide bonds. The lowest BCUT2D eigenvalue weighted by atomic mass is 10.2. The van der Waals surface area contributed by atoms with E-state index in [2.05, 4.69) is 10.4 Å². The first-order chi connectivity index (χ1) is 9.86. The maximum atomic E-state index is 12.1. The van der Waals surface area contributed by atoms with Crippen molar-refractivity contribution < 1.29 is 4.79 Å². The summed E-state index contributed by atoms with van der Waals surface area (Å²) >= 11 is 6.12. The van der Waals surface area contributed by atoms with E-state index in [1.807, 2.05) is 56.6 Å². The Morgan fingerprint density at radius 2 is 2.05 bits per heavy atom. The third-order valence-electron chi connectivity index (χ3n) is 3.34. The molecular formula is C16H20ClN3O. The Hall–Kier alpha value is -1.81. The number of aromatic nitrogens is 2. The zero-order chi connectivity index (χ0) is 15.6. The van der Waals surface area contributed by atoms with Crippen LogP contribution in [0.5, 0.6) is 0 Å². The quantitative estimate of drug-likeness (QED) is 0.926. The summed E-state index contributed by atoms with van der Waals surface area (Å²) < 4.78 is 1.88. The number of nitrogens with zero attached hydrogens (tertiary/aromatic N) is 2. The molecule has 112 valence electrons. The van der Waals surface area contributed by atoms with E-state index in [4.69, 9.17) is 11.6 Å². The maximum Gasteiger partial charge on any atom is 0.226 e. The first-order valence-electron chi connectivity index (χ1n) is 6.95. The fraction of sp³-hybridized carbons (Fsp3) is 0.375. The number of benzene rings is 1. The Bertz CT molecular complexity index is 664. The van der Waals surface area contributed by atoms with E-state index >= 15 is 0 Å². The summed E-state index contributed by atoms with van der Waals surface area (Å²) in [7, 11) is 0. The molecule has 0 bridgehead atoms. The Morgan fingerprint density at radius 1 is 1.33 bits per heavy atom. The van der Waals surface area contributed by atoms with Crippen molar-refractivity contribution in [1.82, 2.24) is 9.78 Å². The minimum atomic E-state index is -0.0687. The van der Waals surface area contributed by atoms with Gasteiger partial charge in [-0.25, -0.2) is 0 Å². The highest BCUT2D eigenvalue weighted by atomic mass is 35.5.